The topological polar surface area (TPSA) is 66.8 Å². The van der Waals surface area contributed by atoms with E-state index in [0.717, 1.165) is 10.5 Å². The summed E-state index contributed by atoms with van der Waals surface area (Å²) in [6, 6.07) is 9.36. The third kappa shape index (κ3) is 2.66. The Hall–Kier alpha value is -2.92. The molecule has 4 fully saturated rings. The van der Waals surface area contributed by atoms with Crippen LogP contribution in [0.4, 0.5) is 4.79 Å². The minimum Gasteiger partial charge on any atom is -0.444 e. The molecule has 6 aliphatic rings. The number of hydrogen-bond donors (Lipinski definition) is 1. The van der Waals surface area contributed by atoms with Crippen molar-refractivity contribution in [3.05, 3.63) is 84.5 Å². The number of nitrogens with zero attached hydrogens (tertiary/aromatic N) is 1. The van der Waals surface area contributed by atoms with Gasteiger partial charge in [0, 0.05) is 5.92 Å². The molecule has 1 aromatic rings. The fraction of sp³-hybridized carbons (Fsp3) is 0.385. The molecule has 2 amide bonds. The average molecular weight is 415 g/mol. The molecule has 1 aromatic carbocycles. The number of rotatable bonds is 2. The van der Waals surface area contributed by atoms with E-state index < -0.39 is 12.3 Å². The molecule has 0 aromatic heterocycles. The molecule has 158 valence electrons. The number of likely N-dealkylation sites (tertiary alicyclic amines) is 1. The van der Waals surface area contributed by atoms with Crippen molar-refractivity contribution in [2.45, 2.75) is 12.8 Å². The summed E-state index contributed by atoms with van der Waals surface area (Å²) in [5.41, 5.74) is 0.844. The lowest BCUT2D eigenvalue weighted by Gasteiger charge is -2.60. The average Bonchev–Trinajstić information content (AvgIpc) is 3.09. The Morgan fingerprint density at radius 1 is 0.839 bits per heavy atom. The van der Waals surface area contributed by atoms with Crippen molar-refractivity contribution >= 4 is 12.0 Å². The lowest BCUT2D eigenvalue weighted by molar-refractivity contribution is -0.142. The Labute approximate surface area is 181 Å². The number of hydrogen-bond acceptors (Lipinski definition) is 4. The highest BCUT2D eigenvalue weighted by Gasteiger charge is 2.68. The van der Waals surface area contributed by atoms with Gasteiger partial charge in [-0.05, 0) is 41.1 Å². The molecule has 0 radical (unpaired) electrons. The fourth-order valence-electron chi connectivity index (χ4n) is 6.99. The SMILES string of the molecule is O=C(OCc1ccccc1)N1C(=O)C2C3C4C=CC=CC4C(C4C=CC=CC43)C2C1O. The number of benzene rings is 1. The number of carbonyl (C=O) groups excluding carboxylic acids is 2. The van der Waals surface area contributed by atoms with E-state index in [9.17, 15) is 14.7 Å². The molecule has 5 aliphatic carbocycles. The van der Waals surface area contributed by atoms with Crippen LogP contribution in [0, 0.1) is 47.3 Å². The smallest absolute Gasteiger partial charge is 0.419 e. The molecule has 0 spiro atoms. The number of imide groups is 1. The van der Waals surface area contributed by atoms with E-state index in [1.165, 1.54) is 0 Å². The van der Waals surface area contributed by atoms with Gasteiger partial charge in [0.05, 0.1) is 5.92 Å². The van der Waals surface area contributed by atoms with E-state index in [4.69, 9.17) is 4.74 Å². The van der Waals surface area contributed by atoms with Crippen LogP contribution >= 0.6 is 0 Å². The molecule has 1 aliphatic heterocycles. The summed E-state index contributed by atoms with van der Waals surface area (Å²) in [5.74, 6) is 0.326. The summed E-state index contributed by atoms with van der Waals surface area (Å²) in [5, 5.41) is 11.2. The molecule has 3 saturated carbocycles. The van der Waals surface area contributed by atoms with Crippen LogP contribution in [0.2, 0.25) is 0 Å². The first kappa shape index (κ1) is 18.8. The predicted octanol–water partition coefficient (Wildman–Crippen LogP) is 3.69. The number of allylic oxidation sites excluding steroid dienone is 8. The maximum Gasteiger partial charge on any atom is 0.419 e. The second-order valence-electron chi connectivity index (χ2n) is 9.27. The van der Waals surface area contributed by atoms with Crippen LogP contribution in [0.15, 0.2) is 78.9 Å². The maximum absolute atomic E-state index is 13.5. The molecule has 7 rings (SSSR count). The normalized spacial score (nSPS) is 41.1. The first-order valence-corrected chi connectivity index (χ1v) is 11.1. The molecule has 5 nitrogen and oxygen atoms in total. The largest absolute Gasteiger partial charge is 0.444 e. The molecule has 5 heteroatoms. The van der Waals surface area contributed by atoms with E-state index in [1.54, 1.807) is 0 Å². The van der Waals surface area contributed by atoms with Gasteiger partial charge < -0.3 is 9.84 Å². The van der Waals surface area contributed by atoms with Gasteiger partial charge in [-0.15, -0.1) is 0 Å². The van der Waals surface area contributed by atoms with Crippen molar-refractivity contribution in [3.8, 4) is 0 Å². The fourth-order valence-corrected chi connectivity index (χ4v) is 6.99. The number of carbonyl (C=O) groups is 2. The van der Waals surface area contributed by atoms with Crippen molar-refractivity contribution in [1.82, 2.24) is 4.90 Å². The first-order chi connectivity index (χ1) is 15.2. The highest BCUT2D eigenvalue weighted by atomic mass is 16.6. The van der Waals surface area contributed by atoms with Gasteiger partial charge in [0.15, 0.2) is 0 Å². The molecule has 1 heterocycles. The summed E-state index contributed by atoms with van der Waals surface area (Å²) >= 11 is 0. The third-order valence-corrected chi connectivity index (χ3v) is 8.03. The van der Waals surface area contributed by atoms with E-state index >= 15 is 0 Å². The maximum atomic E-state index is 13.5. The van der Waals surface area contributed by atoms with E-state index in [-0.39, 0.29) is 59.9 Å². The minimum atomic E-state index is -1.14. The van der Waals surface area contributed by atoms with Crippen molar-refractivity contribution < 1.29 is 19.4 Å². The standard InChI is InChI=1S/C26H25NO4/c28-24-22-20-16-10-4-5-11-17(16)21(19-13-7-6-12-18(19)20)23(22)25(29)27(24)26(30)31-14-15-8-2-1-3-9-15/h1-13,16-24,28H,14H2. The predicted molar refractivity (Wildman–Crippen MR) is 114 cm³/mol. The molecule has 1 N–H and O–H groups in total. The zero-order valence-corrected chi connectivity index (χ0v) is 17.0. The van der Waals surface area contributed by atoms with Gasteiger partial charge in [0.25, 0.3) is 0 Å². The molecule has 1 saturated heterocycles. The van der Waals surface area contributed by atoms with Crippen molar-refractivity contribution in [1.29, 1.82) is 0 Å². The van der Waals surface area contributed by atoms with Gasteiger partial charge in [-0.2, -0.15) is 0 Å². The quantitative estimate of drug-likeness (QED) is 0.800. The lowest BCUT2D eigenvalue weighted by Crippen LogP contribution is -2.59. The van der Waals surface area contributed by atoms with E-state index in [1.807, 2.05) is 30.3 Å². The number of amides is 2. The minimum absolute atomic E-state index is 0.0708. The van der Waals surface area contributed by atoms with Crippen molar-refractivity contribution in [3.63, 3.8) is 0 Å². The lowest BCUT2D eigenvalue weighted by atomic mass is 9.42. The van der Waals surface area contributed by atoms with Gasteiger partial charge in [0.1, 0.15) is 12.8 Å². The van der Waals surface area contributed by atoms with Crippen LogP contribution in [0.1, 0.15) is 5.56 Å². The first-order valence-electron chi connectivity index (χ1n) is 11.1. The van der Waals surface area contributed by atoms with Crippen LogP contribution < -0.4 is 0 Å². The molecular weight excluding hydrogens is 390 g/mol. The third-order valence-electron chi connectivity index (χ3n) is 8.03. The Morgan fingerprint density at radius 2 is 1.39 bits per heavy atom. The highest BCUT2D eigenvalue weighted by Crippen LogP contribution is 2.65. The molecule has 7 atom stereocenters. The van der Waals surface area contributed by atoms with Crippen LogP contribution in [-0.4, -0.2) is 28.2 Å². The number of ether oxygens (including phenoxy) is 1. The summed E-state index contributed by atoms with van der Waals surface area (Å²) < 4.78 is 5.44. The Kier molecular flexibility index (Phi) is 4.29. The summed E-state index contributed by atoms with van der Waals surface area (Å²) in [4.78, 5) is 27.4. The van der Waals surface area contributed by atoms with Crippen molar-refractivity contribution in [2.75, 3.05) is 0 Å². The zero-order chi connectivity index (χ0) is 21.1. The number of aliphatic hydroxyl groups excluding tert-OH is 1. The van der Waals surface area contributed by atoms with Gasteiger partial charge in [0.2, 0.25) is 5.91 Å². The van der Waals surface area contributed by atoms with E-state index in [2.05, 4.69) is 48.6 Å². The van der Waals surface area contributed by atoms with Gasteiger partial charge in [-0.25, -0.2) is 9.69 Å². The van der Waals surface area contributed by atoms with Crippen LogP contribution in [0.3, 0.4) is 0 Å². The van der Waals surface area contributed by atoms with Crippen molar-refractivity contribution in [2.24, 2.45) is 47.3 Å². The molecule has 31 heavy (non-hydrogen) atoms. The van der Waals surface area contributed by atoms with Gasteiger partial charge >= 0.3 is 6.09 Å². The molecular formula is C26H25NO4. The summed E-state index contributed by atoms with van der Waals surface area (Å²) in [7, 11) is 0. The van der Waals surface area contributed by atoms with Crippen LogP contribution in [0.25, 0.3) is 0 Å². The van der Waals surface area contributed by atoms with E-state index in [0.29, 0.717) is 0 Å². The summed E-state index contributed by atoms with van der Waals surface area (Å²) in [6.45, 7) is 0.0752. The monoisotopic (exact) mass is 415 g/mol. The number of aliphatic hydroxyl groups is 1. The highest BCUT2D eigenvalue weighted by molar-refractivity contribution is 5.96. The van der Waals surface area contributed by atoms with Crippen LogP contribution in [0.5, 0.6) is 0 Å². The second-order valence-corrected chi connectivity index (χ2v) is 9.27. The van der Waals surface area contributed by atoms with Crippen LogP contribution in [-0.2, 0) is 16.1 Å². The summed E-state index contributed by atoms with van der Waals surface area (Å²) in [6.07, 6.45) is 15.3. The Balaban J connectivity index is 1.32. The van der Waals surface area contributed by atoms with Gasteiger partial charge in [-0.3, -0.25) is 4.79 Å². The Bertz CT molecular complexity index is 989. The second kappa shape index (κ2) is 7.06. The Morgan fingerprint density at radius 3 is 1.97 bits per heavy atom. The van der Waals surface area contributed by atoms with Gasteiger partial charge in [-0.1, -0.05) is 78.9 Å². The zero-order valence-electron chi connectivity index (χ0n) is 17.0. The molecule has 7 unspecified atom stereocenters. The molecule has 2 bridgehead atoms.